The largest absolute Gasteiger partial charge is 0.454 e. The SMILES string of the molecule is CC/C=C/C=C/C=C\C=C/C=C/CCCCC(O)C(=O)NC(COC1OC(CO)C(O)C(O)C1OC(=O)CCC/C=C\C/C=C\C/C=C\C/C=C\CCCCC)C(O)/C=C/CCCCCCCCCCCCC. The highest BCUT2D eigenvalue weighted by atomic mass is 16.7. The molecule has 0 aromatic carbocycles. The Morgan fingerprint density at radius 1 is 0.562 bits per heavy atom. The van der Waals surface area contributed by atoms with E-state index >= 15 is 0 Å². The average molecular weight is 1020 g/mol. The van der Waals surface area contributed by atoms with Crippen LogP contribution in [0.15, 0.2) is 122 Å². The zero-order chi connectivity index (χ0) is 53.3. The van der Waals surface area contributed by atoms with Crippen molar-refractivity contribution in [2.45, 2.75) is 243 Å². The first kappa shape index (κ1) is 67.1. The van der Waals surface area contributed by atoms with Crippen molar-refractivity contribution in [2.75, 3.05) is 13.2 Å². The van der Waals surface area contributed by atoms with Crippen molar-refractivity contribution in [3.63, 3.8) is 0 Å². The summed E-state index contributed by atoms with van der Waals surface area (Å²) < 4.78 is 17.5. The van der Waals surface area contributed by atoms with Crippen LogP contribution < -0.4 is 5.32 Å². The molecule has 11 heteroatoms. The number of esters is 1. The summed E-state index contributed by atoms with van der Waals surface area (Å²) in [6, 6.07) is -1.07. The van der Waals surface area contributed by atoms with Crippen molar-refractivity contribution in [1.82, 2.24) is 5.32 Å². The van der Waals surface area contributed by atoms with Gasteiger partial charge in [-0.1, -0.05) is 226 Å². The molecule has 1 amide bonds. The fraction of sp³-hybridized carbons (Fsp3) is 0.645. The molecule has 0 saturated carbocycles. The van der Waals surface area contributed by atoms with Crippen LogP contribution in [0.3, 0.4) is 0 Å². The van der Waals surface area contributed by atoms with Crippen LogP contribution >= 0.6 is 0 Å². The summed E-state index contributed by atoms with van der Waals surface area (Å²) in [7, 11) is 0. The second-order valence-corrected chi connectivity index (χ2v) is 19.1. The molecule has 1 aliphatic rings. The third-order valence-corrected chi connectivity index (χ3v) is 12.5. The van der Waals surface area contributed by atoms with E-state index in [1.807, 2.05) is 72.9 Å². The zero-order valence-electron chi connectivity index (χ0n) is 45.4. The number of ether oxygens (including phenoxy) is 3. The highest BCUT2D eigenvalue weighted by molar-refractivity contribution is 5.80. The van der Waals surface area contributed by atoms with Crippen molar-refractivity contribution in [3.8, 4) is 0 Å². The number of carbonyl (C=O) groups excluding carboxylic acids is 2. The van der Waals surface area contributed by atoms with Gasteiger partial charge in [0.15, 0.2) is 12.4 Å². The molecule has 1 aliphatic heterocycles. The molecule has 0 aliphatic carbocycles. The minimum Gasteiger partial charge on any atom is -0.454 e. The molecule has 0 aromatic rings. The number of aliphatic hydroxyl groups is 5. The fourth-order valence-corrected chi connectivity index (χ4v) is 7.96. The van der Waals surface area contributed by atoms with Crippen LogP contribution in [-0.4, -0.2) is 99.6 Å². The van der Waals surface area contributed by atoms with Gasteiger partial charge < -0.3 is 45.1 Å². The number of carbonyl (C=O) groups is 2. The minimum absolute atomic E-state index is 0.0350. The average Bonchev–Trinajstić information content (AvgIpc) is 3.39. The molecule has 73 heavy (non-hydrogen) atoms. The Morgan fingerprint density at radius 3 is 1.63 bits per heavy atom. The first-order valence-corrected chi connectivity index (χ1v) is 28.4. The van der Waals surface area contributed by atoms with Gasteiger partial charge in [-0.25, -0.2) is 0 Å². The Bertz CT molecular complexity index is 1640. The molecule has 8 atom stereocenters. The molecular weight excluding hydrogens is 919 g/mol. The predicted molar refractivity (Wildman–Crippen MR) is 301 cm³/mol. The molecule has 1 heterocycles. The Morgan fingerprint density at radius 2 is 1.04 bits per heavy atom. The molecule has 1 fully saturated rings. The molecule has 6 N–H and O–H groups in total. The summed E-state index contributed by atoms with van der Waals surface area (Å²) in [6.07, 6.45) is 56.7. The molecule has 0 radical (unpaired) electrons. The van der Waals surface area contributed by atoms with Gasteiger partial charge in [0.2, 0.25) is 5.91 Å². The van der Waals surface area contributed by atoms with E-state index in [9.17, 15) is 35.1 Å². The van der Waals surface area contributed by atoms with Gasteiger partial charge in [-0.2, -0.15) is 0 Å². The van der Waals surface area contributed by atoms with Gasteiger partial charge in [0.25, 0.3) is 0 Å². The maximum atomic E-state index is 13.4. The van der Waals surface area contributed by atoms with E-state index in [1.165, 1.54) is 70.6 Å². The van der Waals surface area contributed by atoms with Crippen molar-refractivity contribution < 1.29 is 49.3 Å². The maximum Gasteiger partial charge on any atom is 0.306 e. The van der Waals surface area contributed by atoms with Crippen LogP contribution in [0.25, 0.3) is 0 Å². The Hall–Kier alpha value is -3.94. The van der Waals surface area contributed by atoms with Crippen molar-refractivity contribution in [2.24, 2.45) is 0 Å². The smallest absolute Gasteiger partial charge is 0.306 e. The number of aliphatic hydroxyl groups excluding tert-OH is 5. The summed E-state index contributed by atoms with van der Waals surface area (Å²) in [6.45, 7) is 5.53. The lowest BCUT2D eigenvalue weighted by atomic mass is 9.99. The summed E-state index contributed by atoms with van der Waals surface area (Å²) in [5.74, 6) is -1.31. The Kier molecular flexibility index (Phi) is 45.0. The number of hydrogen-bond donors (Lipinski definition) is 6. The van der Waals surface area contributed by atoms with Gasteiger partial charge in [0.1, 0.15) is 24.4 Å². The van der Waals surface area contributed by atoms with Gasteiger partial charge in [-0.05, 0) is 83.5 Å². The maximum absolute atomic E-state index is 13.4. The first-order valence-electron chi connectivity index (χ1n) is 28.4. The van der Waals surface area contributed by atoms with E-state index in [4.69, 9.17) is 14.2 Å². The van der Waals surface area contributed by atoms with Gasteiger partial charge in [0.05, 0.1) is 25.4 Å². The third kappa shape index (κ3) is 37.4. The second kappa shape index (κ2) is 49.0. The number of rotatable bonds is 45. The molecule has 0 bridgehead atoms. The normalized spacial score (nSPS) is 20.4. The van der Waals surface area contributed by atoms with E-state index in [1.54, 1.807) is 6.08 Å². The number of hydrogen-bond acceptors (Lipinski definition) is 10. The predicted octanol–water partition coefficient (Wildman–Crippen LogP) is 12.7. The third-order valence-electron chi connectivity index (χ3n) is 12.5. The van der Waals surface area contributed by atoms with Crippen molar-refractivity contribution >= 4 is 11.9 Å². The molecule has 0 aromatic heterocycles. The lowest BCUT2D eigenvalue weighted by Gasteiger charge is -2.41. The second-order valence-electron chi connectivity index (χ2n) is 19.1. The molecule has 1 saturated heterocycles. The lowest BCUT2D eigenvalue weighted by Crippen LogP contribution is -2.61. The number of allylic oxidation sites excluding steroid dienone is 19. The molecule has 0 spiro atoms. The minimum atomic E-state index is -1.65. The standard InChI is InChI=1S/C62H101NO10/c1-4-7-10-13-16-19-22-25-27-28-29-32-35-38-41-44-47-50-57(67)73-60-59(69)58(68)56(51-64)72-62(60)71-52-53(54(65)48-45-42-39-36-33-30-24-21-18-15-12-9-6-3)63-61(70)55(66)49-46-43-40-37-34-31-26-23-20-17-14-11-8-5-2/h8,11,14,16-17,19-20,23,25-27,29,31-32,34,37-38,41,45,48,53-56,58-60,62,64-66,68-69H,4-7,9-10,12-13,15,18,21-22,24,28,30,33,35-36,39-40,42-44,46-47,49-52H2,1-3H3,(H,63,70)/b11-8+,17-14+,19-16-,23-20-,27-25-,31-26-,32-29-,37-34+,41-38-,48-45+. The van der Waals surface area contributed by atoms with Crippen LogP contribution in [-0.2, 0) is 23.8 Å². The summed E-state index contributed by atoms with van der Waals surface area (Å²) >= 11 is 0. The van der Waals surface area contributed by atoms with Gasteiger partial charge in [-0.15, -0.1) is 0 Å². The summed E-state index contributed by atoms with van der Waals surface area (Å²) in [5.41, 5.74) is 0. The van der Waals surface area contributed by atoms with Crippen LogP contribution in [0.4, 0.5) is 0 Å². The van der Waals surface area contributed by atoms with Gasteiger partial charge in [0, 0.05) is 6.42 Å². The van der Waals surface area contributed by atoms with E-state index < -0.39 is 67.4 Å². The number of amides is 1. The van der Waals surface area contributed by atoms with E-state index in [0.29, 0.717) is 19.3 Å². The van der Waals surface area contributed by atoms with Gasteiger partial charge >= 0.3 is 5.97 Å². The highest BCUT2D eigenvalue weighted by Crippen LogP contribution is 2.26. The summed E-state index contributed by atoms with van der Waals surface area (Å²) in [5, 5.41) is 56.7. The van der Waals surface area contributed by atoms with Crippen molar-refractivity contribution in [1.29, 1.82) is 0 Å². The molecule has 414 valence electrons. The van der Waals surface area contributed by atoms with Crippen LogP contribution in [0.5, 0.6) is 0 Å². The van der Waals surface area contributed by atoms with Gasteiger partial charge in [-0.3, -0.25) is 9.59 Å². The van der Waals surface area contributed by atoms with Crippen LogP contribution in [0, 0.1) is 0 Å². The Balaban J connectivity index is 2.83. The number of unbranched alkanes of at least 4 members (excludes halogenated alkanes) is 17. The topological polar surface area (TPSA) is 175 Å². The lowest BCUT2D eigenvalue weighted by molar-refractivity contribution is -0.305. The fourth-order valence-electron chi connectivity index (χ4n) is 7.96. The molecule has 11 nitrogen and oxygen atoms in total. The van der Waals surface area contributed by atoms with Crippen molar-refractivity contribution in [3.05, 3.63) is 122 Å². The summed E-state index contributed by atoms with van der Waals surface area (Å²) in [4.78, 5) is 26.4. The number of nitrogens with one attached hydrogen (secondary N) is 1. The Labute approximate surface area is 442 Å². The quantitative estimate of drug-likeness (QED) is 0.0149. The van der Waals surface area contributed by atoms with E-state index in [2.05, 4.69) is 68.6 Å². The zero-order valence-corrected chi connectivity index (χ0v) is 45.4. The van der Waals surface area contributed by atoms with E-state index in [0.717, 1.165) is 70.6 Å². The molecule has 1 rings (SSSR count). The highest BCUT2D eigenvalue weighted by Gasteiger charge is 2.47. The van der Waals surface area contributed by atoms with Crippen LogP contribution in [0.1, 0.15) is 194 Å². The molecular formula is C62H101NO10. The molecule has 8 unspecified atom stereocenters. The first-order chi connectivity index (χ1) is 35.7. The van der Waals surface area contributed by atoms with E-state index in [-0.39, 0.29) is 19.4 Å². The van der Waals surface area contributed by atoms with Crippen LogP contribution in [0.2, 0.25) is 0 Å². The monoisotopic (exact) mass is 1020 g/mol.